The Bertz CT molecular complexity index is 573. The summed E-state index contributed by atoms with van der Waals surface area (Å²) >= 11 is 12.0. The van der Waals surface area contributed by atoms with E-state index >= 15 is 0 Å². The first-order valence-corrected chi connectivity index (χ1v) is 5.89. The fourth-order valence-electron chi connectivity index (χ4n) is 1.58. The van der Waals surface area contributed by atoms with Crippen molar-refractivity contribution in [3.63, 3.8) is 0 Å². The Morgan fingerprint density at radius 2 is 1.22 bits per heavy atom. The first-order valence-electron chi connectivity index (χ1n) is 5.14. The Morgan fingerprint density at radius 3 is 1.56 bits per heavy atom. The molecule has 2 aromatic carbocycles. The van der Waals surface area contributed by atoms with Crippen LogP contribution in [0.4, 0.5) is 11.4 Å². The number of nitrogens with two attached hydrogens (primary N) is 2. The highest BCUT2D eigenvalue weighted by Gasteiger charge is 2.16. The zero-order valence-corrected chi connectivity index (χ0v) is 10.8. The third-order valence-corrected chi connectivity index (χ3v) is 3.10. The Labute approximate surface area is 114 Å². The summed E-state index contributed by atoms with van der Waals surface area (Å²) in [5.41, 5.74) is 12.9. The molecule has 0 heterocycles. The molecule has 0 aromatic heterocycles. The lowest BCUT2D eigenvalue weighted by atomic mass is 10.0. The fraction of sp³-hybridized carbons (Fsp3) is 0. The largest absolute Gasteiger partial charge is 0.399 e. The van der Waals surface area contributed by atoms with Crippen LogP contribution in [0.15, 0.2) is 36.4 Å². The molecule has 0 saturated heterocycles. The molecule has 0 atom stereocenters. The lowest BCUT2D eigenvalue weighted by Gasteiger charge is -2.07. The number of hydrogen-bond donors (Lipinski definition) is 2. The predicted octanol–water partition coefficient (Wildman–Crippen LogP) is 3.39. The predicted molar refractivity (Wildman–Crippen MR) is 75.2 cm³/mol. The van der Waals surface area contributed by atoms with Gasteiger partial charge in [0.15, 0.2) is 5.78 Å². The van der Waals surface area contributed by atoms with Crippen molar-refractivity contribution in [3.8, 4) is 0 Å². The van der Waals surface area contributed by atoms with E-state index in [1.807, 2.05) is 0 Å². The van der Waals surface area contributed by atoms with Gasteiger partial charge in [0.1, 0.15) is 0 Å². The zero-order chi connectivity index (χ0) is 13.3. The van der Waals surface area contributed by atoms with Crippen LogP contribution < -0.4 is 11.5 Å². The summed E-state index contributed by atoms with van der Waals surface area (Å²) in [6, 6.07) is 9.44. The lowest BCUT2D eigenvalue weighted by molar-refractivity contribution is 0.103. The molecule has 0 fully saturated rings. The Balaban J connectivity index is 2.48. The zero-order valence-electron chi connectivity index (χ0n) is 9.28. The maximum atomic E-state index is 12.3. The average Bonchev–Trinajstić information content (AvgIpc) is 2.28. The van der Waals surface area contributed by atoms with Crippen LogP contribution in [-0.4, -0.2) is 5.78 Å². The van der Waals surface area contributed by atoms with Gasteiger partial charge < -0.3 is 11.5 Å². The molecule has 0 unspecified atom stereocenters. The van der Waals surface area contributed by atoms with Crippen LogP contribution in [0.5, 0.6) is 0 Å². The molecule has 0 aliphatic heterocycles. The van der Waals surface area contributed by atoms with Crippen molar-refractivity contribution < 1.29 is 4.79 Å². The van der Waals surface area contributed by atoms with Gasteiger partial charge in [-0.25, -0.2) is 0 Å². The summed E-state index contributed by atoms with van der Waals surface area (Å²) in [4.78, 5) is 12.3. The molecule has 18 heavy (non-hydrogen) atoms. The first kappa shape index (κ1) is 12.7. The van der Waals surface area contributed by atoms with E-state index in [4.69, 9.17) is 34.7 Å². The number of anilines is 2. The van der Waals surface area contributed by atoms with Crippen LogP contribution in [0.1, 0.15) is 15.9 Å². The second-order valence-corrected chi connectivity index (χ2v) is 4.62. The number of rotatable bonds is 2. The number of ketones is 1. The number of nitrogen functional groups attached to an aromatic ring is 2. The lowest BCUT2D eigenvalue weighted by Crippen LogP contribution is -2.04. The molecule has 0 aliphatic carbocycles. The molecule has 92 valence electrons. The van der Waals surface area contributed by atoms with Crippen LogP contribution in [0.25, 0.3) is 0 Å². The maximum Gasteiger partial charge on any atom is 0.196 e. The van der Waals surface area contributed by atoms with Crippen LogP contribution >= 0.6 is 23.2 Å². The molecule has 5 heteroatoms. The molecule has 0 amide bonds. The van der Waals surface area contributed by atoms with Crippen molar-refractivity contribution in [1.82, 2.24) is 0 Å². The molecule has 2 aromatic rings. The Morgan fingerprint density at radius 1 is 0.833 bits per heavy atom. The van der Waals surface area contributed by atoms with E-state index in [9.17, 15) is 4.79 Å². The van der Waals surface area contributed by atoms with Gasteiger partial charge in [0, 0.05) is 22.5 Å². The van der Waals surface area contributed by atoms with Crippen LogP contribution in [0.2, 0.25) is 10.0 Å². The maximum absolute atomic E-state index is 12.3. The summed E-state index contributed by atoms with van der Waals surface area (Å²) in [6.45, 7) is 0. The van der Waals surface area contributed by atoms with Crippen molar-refractivity contribution in [2.24, 2.45) is 0 Å². The number of benzene rings is 2. The van der Waals surface area contributed by atoms with Gasteiger partial charge in [-0.2, -0.15) is 0 Å². The highest BCUT2D eigenvalue weighted by atomic mass is 35.5. The highest BCUT2D eigenvalue weighted by Crippen LogP contribution is 2.26. The second kappa shape index (κ2) is 4.88. The number of halogens is 2. The van der Waals surface area contributed by atoms with Gasteiger partial charge >= 0.3 is 0 Å². The molecular formula is C13H10Cl2N2O. The van der Waals surface area contributed by atoms with Crippen LogP contribution in [-0.2, 0) is 0 Å². The molecule has 0 spiro atoms. The molecule has 0 radical (unpaired) electrons. The van der Waals surface area contributed by atoms with Gasteiger partial charge in [0.05, 0.1) is 10.0 Å². The summed E-state index contributed by atoms with van der Waals surface area (Å²) in [5.74, 6) is -0.259. The summed E-state index contributed by atoms with van der Waals surface area (Å²) in [7, 11) is 0. The quantitative estimate of drug-likeness (QED) is 0.654. The number of carbonyl (C=O) groups is 1. The van der Waals surface area contributed by atoms with Gasteiger partial charge in [-0.3, -0.25) is 4.79 Å². The molecule has 0 saturated carbocycles. The van der Waals surface area contributed by atoms with Gasteiger partial charge in [-0.05, 0) is 36.4 Å². The third-order valence-electron chi connectivity index (χ3n) is 2.48. The van der Waals surface area contributed by atoms with Crippen molar-refractivity contribution in [1.29, 1.82) is 0 Å². The summed E-state index contributed by atoms with van der Waals surface area (Å²) in [5, 5.41) is 0.598. The molecule has 3 nitrogen and oxygen atoms in total. The van der Waals surface area contributed by atoms with E-state index in [1.165, 1.54) is 12.1 Å². The molecule has 0 bridgehead atoms. The van der Waals surface area contributed by atoms with Crippen molar-refractivity contribution in [2.75, 3.05) is 11.5 Å². The monoisotopic (exact) mass is 280 g/mol. The Kier molecular flexibility index (Phi) is 3.45. The molecule has 4 N–H and O–H groups in total. The number of carbonyl (C=O) groups excluding carboxylic acids is 1. The highest BCUT2D eigenvalue weighted by molar-refractivity contribution is 6.38. The molecule has 0 aliphatic rings. The van der Waals surface area contributed by atoms with Gasteiger partial charge in [0.2, 0.25) is 0 Å². The van der Waals surface area contributed by atoms with Gasteiger partial charge in [-0.1, -0.05) is 23.2 Å². The fourth-order valence-corrected chi connectivity index (χ4v) is 2.13. The topological polar surface area (TPSA) is 69.1 Å². The van der Waals surface area contributed by atoms with Crippen molar-refractivity contribution >= 4 is 40.4 Å². The summed E-state index contributed by atoms with van der Waals surface area (Å²) in [6.07, 6.45) is 0. The first-order chi connectivity index (χ1) is 8.49. The molecule has 2 rings (SSSR count). The smallest absolute Gasteiger partial charge is 0.196 e. The van der Waals surface area contributed by atoms with E-state index in [1.54, 1.807) is 24.3 Å². The van der Waals surface area contributed by atoms with E-state index in [-0.39, 0.29) is 5.78 Å². The van der Waals surface area contributed by atoms with Crippen molar-refractivity contribution in [3.05, 3.63) is 57.6 Å². The number of hydrogen-bond acceptors (Lipinski definition) is 3. The second-order valence-electron chi connectivity index (χ2n) is 3.81. The third kappa shape index (κ3) is 2.42. The average molecular weight is 281 g/mol. The van der Waals surface area contributed by atoms with Crippen LogP contribution in [0.3, 0.4) is 0 Å². The van der Waals surface area contributed by atoms with Gasteiger partial charge in [0.25, 0.3) is 0 Å². The Hall–Kier alpha value is -1.71. The minimum atomic E-state index is -0.259. The molecular weight excluding hydrogens is 271 g/mol. The van der Waals surface area contributed by atoms with Crippen LogP contribution in [0, 0.1) is 0 Å². The van der Waals surface area contributed by atoms with E-state index in [2.05, 4.69) is 0 Å². The summed E-state index contributed by atoms with van der Waals surface area (Å²) < 4.78 is 0. The normalized spacial score (nSPS) is 10.3. The standard InChI is InChI=1S/C13H10Cl2N2O/c14-11-5-7(16)1-3-9(11)13(18)10-4-2-8(17)6-12(10)15/h1-6H,16-17H2. The van der Waals surface area contributed by atoms with E-state index in [0.717, 1.165) is 0 Å². The van der Waals surface area contributed by atoms with Gasteiger partial charge in [-0.15, -0.1) is 0 Å². The minimum Gasteiger partial charge on any atom is -0.399 e. The SMILES string of the molecule is Nc1ccc(C(=O)c2ccc(N)cc2Cl)c(Cl)c1. The minimum absolute atomic E-state index is 0.259. The van der Waals surface area contributed by atoms with E-state index in [0.29, 0.717) is 32.5 Å². The van der Waals surface area contributed by atoms with Crippen molar-refractivity contribution in [2.45, 2.75) is 0 Å². The van der Waals surface area contributed by atoms with E-state index < -0.39 is 0 Å².